The van der Waals surface area contributed by atoms with Crippen molar-refractivity contribution in [1.29, 1.82) is 0 Å². The maximum absolute atomic E-state index is 5.67. The summed E-state index contributed by atoms with van der Waals surface area (Å²) in [6.45, 7) is 5.17. The second-order valence-electron chi connectivity index (χ2n) is 3.52. The van der Waals surface area contributed by atoms with E-state index in [1.54, 1.807) is 11.3 Å². The maximum Gasteiger partial charge on any atom is 0.137 e. The molecule has 5 heteroatoms. The van der Waals surface area contributed by atoms with Gasteiger partial charge in [0.05, 0.1) is 28.9 Å². The molecular weight excluding hydrogens is 314 g/mol. The van der Waals surface area contributed by atoms with Crippen LogP contribution in [0.5, 0.6) is 11.5 Å². The molecule has 0 saturated carbocycles. The predicted molar refractivity (Wildman–Crippen MR) is 77.6 cm³/mol. The number of ether oxygens (including phenoxy) is 2. The van der Waals surface area contributed by atoms with Gasteiger partial charge < -0.3 is 9.47 Å². The van der Waals surface area contributed by atoms with Gasteiger partial charge in [0, 0.05) is 17.0 Å². The monoisotopic (exact) mass is 327 g/mol. The number of hydrogen-bond donors (Lipinski definition) is 0. The van der Waals surface area contributed by atoms with Crippen molar-refractivity contribution in [3.05, 3.63) is 27.5 Å². The third kappa shape index (κ3) is 2.84. The van der Waals surface area contributed by atoms with E-state index < -0.39 is 0 Å². The van der Waals surface area contributed by atoms with Crippen molar-refractivity contribution in [2.75, 3.05) is 13.2 Å². The molecule has 1 heterocycles. The average Bonchev–Trinajstić information content (AvgIpc) is 2.87. The van der Waals surface area contributed by atoms with Gasteiger partial charge in [0.1, 0.15) is 11.5 Å². The summed E-state index contributed by atoms with van der Waals surface area (Å²) in [6.07, 6.45) is 0. The van der Waals surface area contributed by atoms with Gasteiger partial charge in [-0.2, -0.15) is 0 Å². The Morgan fingerprint density at radius 2 is 1.89 bits per heavy atom. The molecule has 0 amide bonds. The van der Waals surface area contributed by atoms with E-state index in [0.717, 1.165) is 27.2 Å². The van der Waals surface area contributed by atoms with Crippen LogP contribution >= 0.6 is 27.3 Å². The van der Waals surface area contributed by atoms with E-state index in [0.29, 0.717) is 13.2 Å². The van der Waals surface area contributed by atoms with Gasteiger partial charge >= 0.3 is 0 Å². The quantitative estimate of drug-likeness (QED) is 0.817. The van der Waals surface area contributed by atoms with Crippen molar-refractivity contribution in [3.8, 4) is 22.8 Å². The summed E-state index contributed by atoms with van der Waals surface area (Å²) in [6, 6.07) is 3.90. The second kappa shape index (κ2) is 6.20. The normalized spacial score (nSPS) is 10.4. The summed E-state index contributed by atoms with van der Waals surface area (Å²) in [5, 5.41) is 2.00. The fourth-order valence-electron chi connectivity index (χ4n) is 1.62. The van der Waals surface area contributed by atoms with Gasteiger partial charge in [-0.25, -0.2) is 4.98 Å². The molecule has 0 radical (unpaired) electrons. The Morgan fingerprint density at radius 3 is 2.50 bits per heavy atom. The first-order chi connectivity index (χ1) is 8.76. The largest absolute Gasteiger partial charge is 0.493 e. The van der Waals surface area contributed by atoms with Crippen LogP contribution in [0.2, 0.25) is 0 Å². The SMILES string of the molecule is CCOc1cc(OCC)c(-c2cscn2)cc1Br. The van der Waals surface area contributed by atoms with Crippen molar-refractivity contribution >= 4 is 27.3 Å². The Bertz CT molecular complexity index is 514. The molecule has 0 N–H and O–H groups in total. The molecule has 0 spiro atoms. The van der Waals surface area contributed by atoms with Crippen LogP contribution in [0.3, 0.4) is 0 Å². The number of nitrogens with zero attached hydrogens (tertiary/aromatic N) is 1. The standard InChI is InChI=1S/C13H14BrNO2S/c1-3-16-12-6-13(17-4-2)10(14)5-9(12)11-7-18-8-15-11/h5-8H,3-4H2,1-2H3. The zero-order valence-electron chi connectivity index (χ0n) is 10.3. The number of halogens is 1. The molecule has 96 valence electrons. The molecule has 0 aliphatic heterocycles. The summed E-state index contributed by atoms with van der Waals surface area (Å²) in [5.74, 6) is 1.59. The maximum atomic E-state index is 5.67. The highest BCUT2D eigenvalue weighted by Gasteiger charge is 2.13. The van der Waals surface area contributed by atoms with Crippen LogP contribution in [0.4, 0.5) is 0 Å². The number of thiazole rings is 1. The number of hydrogen-bond acceptors (Lipinski definition) is 4. The van der Waals surface area contributed by atoms with Crippen LogP contribution in [0.15, 0.2) is 27.5 Å². The number of rotatable bonds is 5. The van der Waals surface area contributed by atoms with Crippen LogP contribution < -0.4 is 9.47 Å². The molecule has 0 saturated heterocycles. The van der Waals surface area contributed by atoms with Gasteiger partial charge in [0.15, 0.2) is 0 Å². The van der Waals surface area contributed by atoms with Gasteiger partial charge in [0.2, 0.25) is 0 Å². The van der Waals surface area contributed by atoms with Gasteiger partial charge in [0.25, 0.3) is 0 Å². The minimum absolute atomic E-state index is 0.615. The van der Waals surface area contributed by atoms with Crippen LogP contribution in [0.25, 0.3) is 11.3 Å². The molecule has 18 heavy (non-hydrogen) atoms. The molecule has 0 unspecified atom stereocenters. The first kappa shape index (κ1) is 13.4. The summed E-state index contributed by atoms with van der Waals surface area (Å²) < 4.78 is 12.1. The van der Waals surface area contributed by atoms with Gasteiger partial charge in [-0.1, -0.05) is 0 Å². The summed E-state index contributed by atoms with van der Waals surface area (Å²) in [5.41, 5.74) is 3.72. The molecule has 0 bridgehead atoms. The fourth-order valence-corrected chi connectivity index (χ4v) is 2.63. The Hall–Kier alpha value is -1.07. The highest BCUT2D eigenvalue weighted by Crippen LogP contribution is 2.38. The van der Waals surface area contributed by atoms with Crippen molar-refractivity contribution in [1.82, 2.24) is 4.98 Å². The van der Waals surface area contributed by atoms with Crippen LogP contribution in [-0.2, 0) is 0 Å². The zero-order valence-corrected chi connectivity index (χ0v) is 12.7. The van der Waals surface area contributed by atoms with E-state index in [1.807, 2.05) is 36.9 Å². The van der Waals surface area contributed by atoms with Crippen LogP contribution in [0, 0.1) is 0 Å². The molecule has 3 nitrogen and oxygen atoms in total. The van der Waals surface area contributed by atoms with Crippen molar-refractivity contribution in [2.24, 2.45) is 0 Å². The first-order valence-corrected chi connectivity index (χ1v) is 7.47. The summed E-state index contributed by atoms with van der Waals surface area (Å²) in [4.78, 5) is 4.32. The van der Waals surface area contributed by atoms with Crippen LogP contribution in [0.1, 0.15) is 13.8 Å². The summed E-state index contributed by atoms with van der Waals surface area (Å²) in [7, 11) is 0. The Kier molecular flexibility index (Phi) is 4.60. The average molecular weight is 328 g/mol. The third-order valence-electron chi connectivity index (χ3n) is 2.34. The topological polar surface area (TPSA) is 31.4 Å². The van der Waals surface area contributed by atoms with Gasteiger partial charge in [-0.05, 0) is 35.8 Å². The van der Waals surface area contributed by atoms with Crippen molar-refractivity contribution in [3.63, 3.8) is 0 Å². The Labute approximate surface area is 119 Å². The van der Waals surface area contributed by atoms with E-state index in [1.165, 1.54) is 0 Å². The molecule has 0 atom stereocenters. The van der Waals surface area contributed by atoms with E-state index in [4.69, 9.17) is 9.47 Å². The van der Waals surface area contributed by atoms with Crippen molar-refractivity contribution in [2.45, 2.75) is 13.8 Å². The number of benzene rings is 1. The fraction of sp³-hybridized carbons (Fsp3) is 0.308. The minimum atomic E-state index is 0.615. The molecule has 2 rings (SSSR count). The zero-order chi connectivity index (χ0) is 13.0. The Morgan fingerprint density at radius 1 is 1.17 bits per heavy atom. The second-order valence-corrected chi connectivity index (χ2v) is 5.09. The smallest absolute Gasteiger partial charge is 0.137 e. The van der Waals surface area contributed by atoms with E-state index in [2.05, 4.69) is 20.9 Å². The lowest BCUT2D eigenvalue weighted by molar-refractivity contribution is 0.322. The molecule has 0 aliphatic carbocycles. The highest BCUT2D eigenvalue weighted by molar-refractivity contribution is 9.10. The molecule has 1 aromatic carbocycles. The van der Waals surface area contributed by atoms with E-state index >= 15 is 0 Å². The van der Waals surface area contributed by atoms with E-state index in [9.17, 15) is 0 Å². The molecule has 1 aromatic heterocycles. The lowest BCUT2D eigenvalue weighted by Gasteiger charge is -2.13. The molecule has 2 aromatic rings. The molecular formula is C13H14BrNO2S. The third-order valence-corrected chi connectivity index (χ3v) is 3.55. The summed E-state index contributed by atoms with van der Waals surface area (Å²) >= 11 is 5.08. The van der Waals surface area contributed by atoms with Crippen molar-refractivity contribution < 1.29 is 9.47 Å². The molecule has 0 aliphatic rings. The van der Waals surface area contributed by atoms with E-state index in [-0.39, 0.29) is 0 Å². The van der Waals surface area contributed by atoms with Gasteiger partial charge in [-0.3, -0.25) is 0 Å². The molecule has 0 fully saturated rings. The minimum Gasteiger partial charge on any atom is -0.493 e. The number of aromatic nitrogens is 1. The first-order valence-electron chi connectivity index (χ1n) is 5.74. The van der Waals surface area contributed by atoms with Gasteiger partial charge in [-0.15, -0.1) is 11.3 Å². The lowest BCUT2D eigenvalue weighted by atomic mass is 10.1. The van der Waals surface area contributed by atoms with Crippen LogP contribution in [-0.4, -0.2) is 18.2 Å². The highest BCUT2D eigenvalue weighted by atomic mass is 79.9. The predicted octanol–water partition coefficient (Wildman–Crippen LogP) is 4.37. The Balaban J connectivity index is 2.48. The lowest BCUT2D eigenvalue weighted by Crippen LogP contribution is -1.98.